The van der Waals surface area contributed by atoms with Gasteiger partial charge < -0.3 is 5.32 Å². The van der Waals surface area contributed by atoms with Crippen molar-refractivity contribution in [1.29, 1.82) is 0 Å². The third-order valence-electron chi connectivity index (χ3n) is 2.91. The van der Waals surface area contributed by atoms with E-state index in [9.17, 15) is 8.42 Å². The number of anilines is 1. The van der Waals surface area contributed by atoms with Gasteiger partial charge in [-0.25, -0.2) is 8.42 Å². The molecule has 0 atom stereocenters. The molecule has 1 aliphatic heterocycles. The maximum Gasteiger partial charge on any atom is 0.150 e. The topological polar surface area (TPSA) is 46.2 Å². The van der Waals surface area contributed by atoms with Crippen LogP contribution in [0, 0.1) is 0 Å². The van der Waals surface area contributed by atoms with E-state index in [1.807, 2.05) is 0 Å². The Kier molecular flexibility index (Phi) is 4.32. The lowest BCUT2D eigenvalue weighted by molar-refractivity contribution is 0.559. The van der Waals surface area contributed by atoms with E-state index in [4.69, 9.17) is 34.8 Å². The van der Waals surface area contributed by atoms with Crippen molar-refractivity contribution < 1.29 is 8.42 Å². The summed E-state index contributed by atoms with van der Waals surface area (Å²) in [4.78, 5) is 0. The summed E-state index contributed by atoms with van der Waals surface area (Å²) in [5.41, 5.74) is 0.618. The molecule has 1 fully saturated rings. The number of hydrogen-bond acceptors (Lipinski definition) is 3. The molecule has 100 valence electrons. The zero-order valence-corrected chi connectivity index (χ0v) is 12.5. The van der Waals surface area contributed by atoms with E-state index in [0.717, 1.165) is 0 Å². The highest BCUT2D eigenvalue weighted by atomic mass is 35.5. The SMILES string of the molecule is O=S1(=O)CCC(Nc2c(Cl)cc(Cl)cc2Cl)CC1. The Hall–Kier alpha value is -0.160. The number of nitrogens with one attached hydrogen (secondary N) is 1. The van der Waals surface area contributed by atoms with Crippen molar-refractivity contribution in [2.45, 2.75) is 18.9 Å². The zero-order valence-electron chi connectivity index (χ0n) is 9.42. The first kappa shape index (κ1) is 14.3. The minimum absolute atomic E-state index is 0.0738. The van der Waals surface area contributed by atoms with Crippen molar-refractivity contribution in [1.82, 2.24) is 0 Å². The predicted molar refractivity (Wildman–Crippen MR) is 76.8 cm³/mol. The number of benzene rings is 1. The molecule has 0 aromatic heterocycles. The Morgan fingerprint density at radius 1 is 1.06 bits per heavy atom. The Balaban J connectivity index is 2.11. The average Bonchev–Trinajstić information content (AvgIpc) is 2.25. The molecule has 1 N–H and O–H groups in total. The highest BCUT2D eigenvalue weighted by Crippen LogP contribution is 2.35. The first-order valence-corrected chi connectivity index (χ1v) is 8.44. The zero-order chi connectivity index (χ0) is 13.3. The fourth-order valence-electron chi connectivity index (χ4n) is 1.92. The first-order valence-electron chi connectivity index (χ1n) is 5.49. The minimum Gasteiger partial charge on any atom is -0.380 e. The third-order valence-corrected chi connectivity index (χ3v) is 5.44. The van der Waals surface area contributed by atoms with E-state index in [1.165, 1.54) is 0 Å². The van der Waals surface area contributed by atoms with E-state index in [-0.39, 0.29) is 17.5 Å². The molecule has 0 radical (unpaired) electrons. The molecule has 1 aromatic carbocycles. The summed E-state index contributed by atoms with van der Waals surface area (Å²) >= 11 is 17.9. The maximum atomic E-state index is 11.3. The quantitative estimate of drug-likeness (QED) is 0.901. The van der Waals surface area contributed by atoms with Crippen LogP contribution in [-0.4, -0.2) is 26.0 Å². The van der Waals surface area contributed by atoms with Gasteiger partial charge in [0.25, 0.3) is 0 Å². The van der Waals surface area contributed by atoms with Gasteiger partial charge >= 0.3 is 0 Å². The second kappa shape index (κ2) is 5.45. The Morgan fingerprint density at radius 2 is 1.56 bits per heavy atom. The van der Waals surface area contributed by atoms with Crippen LogP contribution in [0.25, 0.3) is 0 Å². The molecule has 1 aromatic rings. The molecule has 18 heavy (non-hydrogen) atoms. The molecule has 0 saturated carbocycles. The summed E-state index contributed by atoms with van der Waals surface area (Å²) in [7, 11) is -2.86. The average molecular weight is 329 g/mol. The summed E-state index contributed by atoms with van der Waals surface area (Å²) in [6.45, 7) is 0. The van der Waals surface area contributed by atoms with E-state index in [2.05, 4.69) is 5.32 Å². The summed E-state index contributed by atoms with van der Waals surface area (Å²) in [6.07, 6.45) is 1.13. The van der Waals surface area contributed by atoms with Gasteiger partial charge in [0.1, 0.15) is 9.84 Å². The first-order chi connectivity index (χ1) is 8.37. The van der Waals surface area contributed by atoms with Gasteiger partial charge in [-0.05, 0) is 25.0 Å². The standard InChI is InChI=1S/C11H12Cl3NO2S/c12-7-5-9(13)11(10(14)6-7)15-8-1-3-18(16,17)4-2-8/h5-6,8,15H,1-4H2. The largest absolute Gasteiger partial charge is 0.380 e. The van der Waals surface area contributed by atoms with Crippen LogP contribution in [0.3, 0.4) is 0 Å². The molecule has 1 heterocycles. The Morgan fingerprint density at radius 3 is 2.06 bits per heavy atom. The van der Waals surface area contributed by atoms with E-state index in [0.29, 0.717) is 33.6 Å². The molecule has 0 spiro atoms. The molecule has 2 rings (SSSR count). The molecular formula is C11H12Cl3NO2S. The monoisotopic (exact) mass is 327 g/mol. The van der Waals surface area contributed by atoms with E-state index < -0.39 is 9.84 Å². The molecule has 3 nitrogen and oxygen atoms in total. The fourth-order valence-corrected chi connectivity index (χ4v) is 4.34. The molecule has 0 bridgehead atoms. The molecular weight excluding hydrogens is 317 g/mol. The van der Waals surface area contributed by atoms with E-state index >= 15 is 0 Å². The highest BCUT2D eigenvalue weighted by molar-refractivity contribution is 7.91. The van der Waals surface area contributed by atoms with Crippen molar-refractivity contribution in [3.8, 4) is 0 Å². The fraction of sp³-hybridized carbons (Fsp3) is 0.455. The highest BCUT2D eigenvalue weighted by Gasteiger charge is 2.24. The van der Waals surface area contributed by atoms with Gasteiger partial charge in [-0.1, -0.05) is 34.8 Å². The molecule has 0 aliphatic carbocycles. The lowest BCUT2D eigenvalue weighted by atomic mass is 10.1. The minimum atomic E-state index is -2.86. The Labute approximate surface area is 121 Å². The summed E-state index contributed by atoms with van der Waals surface area (Å²) < 4.78 is 22.7. The van der Waals surface area contributed by atoms with Gasteiger partial charge in [0.15, 0.2) is 0 Å². The predicted octanol–water partition coefficient (Wildman–Crippen LogP) is 3.64. The van der Waals surface area contributed by atoms with Crippen LogP contribution in [0.5, 0.6) is 0 Å². The summed E-state index contributed by atoms with van der Waals surface area (Å²) in [5, 5.41) is 4.56. The van der Waals surface area contributed by atoms with Crippen molar-refractivity contribution in [2.75, 3.05) is 16.8 Å². The van der Waals surface area contributed by atoms with Crippen LogP contribution in [0.4, 0.5) is 5.69 Å². The van der Waals surface area contributed by atoms with Gasteiger partial charge in [0, 0.05) is 11.1 Å². The molecule has 0 amide bonds. The lowest BCUT2D eigenvalue weighted by Crippen LogP contribution is -2.32. The van der Waals surface area contributed by atoms with Crippen molar-refractivity contribution in [2.24, 2.45) is 0 Å². The van der Waals surface area contributed by atoms with Gasteiger partial charge in [-0.3, -0.25) is 0 Å². The second-order valence-electron chi connectivity index (χ2n) is 4.31. The third kappa shape index (κ3) is 3.44. The van der Waals surface area contributed by atoms with Crippen molar-refractivity contribution in [3.05, 3.63) is 27.2 Å². The lowest BCUT2D eigenvalue weighted by Gasteiger charge is -2.25. The number of sulfone groups is 1. The molecule has 7 heteroatoms. The maximum absolute atomic E-state index is 11.3. The second-order valence-corrected chi connectivity index (χ2v) is 7.87. The van der Waals surface area contributed by atoms with Gasteiger partial charge in [0.05, 0.1) is 27.2 Å². The summed E-state index contributed by atoms with van der Waals surface area (Å²) in [6, 6.07) is 3.29. The number of rotatable bonds is 2. The van der Waals surface area contributed by atoms with Crippen LogP contribution in [0.2, 0.25) is 15.1 Å². The number of hydrogen-bond donors (Lipinski definition) is 1. The van der Waals surface area contributed by atoms with Crippen LogP contribution in [0.15, 0.2) is 12.1 Å². The summed E-state index contributed by atoms with van der Waals surface area (Å²) in [5.74, 6) is 0.404. The smallest absolute Gasteiger partial charge is 0.150 e. The number of halogens is 3. The van der Waals surface area contributed by atoms with E-state index in [1.54, 1.807) is 12.1 Å². The molecule has 1 saturated heterocycles. The van der Waals surface area contributed by atoms with Crippen LogP contribution < -0.4 is 5.32 Å². The van der Waals surface area contributed by atoms with Crippen molar-refractivity contribution in [3.63, 3.8) is 0 Å². The van der Waals surface area contributed by atoms with Crippen LogP contribution >= 0.6 is 34.8 Å². The normalized spacial score (nSPS) is 19.7. The van der Waals surface area contributed by atoms with Crippen LogP contribution in [0.1, 0.15) is 12.8 Å². The molecule has 0 unspecified atom stereocenters. The van der Waals surface area contributed by atoms with Gasteiger partial charge in [-0.2, -0.15) is 0 Å². The van der Waals surface area contributed by atoms with Gasteiger partial charge in [0.2, 0.25) is 0 Å². The van der Waals surface area contributed by atoms with Crippen LogP contribution in [-0.2, 0) is 9.84 Å². The Bertz CT molecular complexity index is 522. The van der Waals surface area contributed by atoms with Gasteiger partial charge in [-0.15, -0.1) is 0 Å². The molecule has 1 aliphatic rings. The van der Waals surface area contributed by atoms with Crippen molar-refractivity contribution >= 4 is 50.3 Å².